The average molecular weight is 344 g/mol. The summed E-state index contributed by atoms with van der Waals surface area (Å²) in [4.78, 5) is 38.1. The Morgan fingerprint density at radius 1 is 1.28 bits per heavy atom. The number of H-pyrrole nitrogens is 1. The summed E-state index contributed by atoms with van der Waals surface area (Å²) in [6.07, 6.45) is -0.0158. The van der Waals surface area contributed by atoms with E-state index in [1.165, 1.54) is 0 Å². The molecular formula is C17H20N4O4. The minimum absolute atomic E-state index is 0.0158. The molecule has 8 heteroatoms. The van der Waals surface area contributed by atoms with Crippen molar-refractivity contribution in [3.8, 4) is 0 Å². The molecule has 8 nitrogen and oxygen atoms in total. The van der Waals surface area contributed by atoms with Crippen molar-refractivity contribution in [2.24, 2.45) is 0 Å². The van der Waals surface area contributed by atoms with Gasteiger partial charge in [0.1, 0.15) is 6.04 Å². The van der Waals surface area contributed by atoms with E-state index in [-0.39, 0.29) is 23.8 Å². The van der Waals surface area contributed by atoms with Gasteiger partial charge in [-0.05, 0) is 13.0 Å². The number of hydrogen-bond donors (Lipinski definition) is 2. The van der Waals surface area contributed by atoms with Crippen LogP contribution >= 0.6 is 0 Å². The van der Waals surface area contributed by atoms with Gasteiger partial charge in [0.2, 0.25) is 11.8 Å². The molecule has 1 aromatic carbocycles. The maximum absolute atomic E-state index is 12.3. The highest BCUT2D eigenvalue weighted by Crippen LogP contribution is 2.12. The third-order valence-corrected chi connectivity index (χ3v) is 4.17. The summed E-state index contributed by atoms with van der Waals surface area (Å²) in [6, 6.07) is 6.35. The zero-order chi connectivity index (χ0) is 17.8. The highest BCUT2D eigenvalue weighted by atomic mass is 16.5. The van der Waals surface area contributed by atoms with Crippen LogP contribution in [0.1, 0.15) is 12.6 Å². The number of hydrogen-bond acceptors (Lipinski definition) is 5. The van der Waals surface area contributed by atoms with Crippen LogP contribution in [0.3, 0.4) is 0 Å². The van der Waals surface area contributed by atoms with Gasteiger partial charge in [0.25, 0.3) is 5.56 Å². The van der Waals surface area contributed by atoms with Crippen LogP contribution in [0.2, 0.25) is 0 Å². The number of fused-ring (bicyclic) bond motifs is 1. The Morgan fingerprint density at radius 3 is 2.68 bits per heavy atom. The van der Waals surface area contributed by atoms with Crippen LogP contribution in [0, 0.1) is 0 Å². The van der Waals surface area contributed by atoms with Crippen LogP contribution in [-0.4, -0.2) is 59.3 Å². The van der Waals surface area contributed by atoms with Gasteiger partial charge in [-0.1, -0.05) is 18.2 Å². The lowest BCUT2D eigenvalue weighted by molar-refractivity contribution is -0.139. The number of nitrogens with one attached hydrogen (secondary N) is 2. The predicted octanol–water partition coefficient (Wildman–Crippen LogP) is -0.171. The Labute approximate surface area is 144 Å². The highest BCUT2D eigenvalue weighted by molar-refractivity contribution is 5.91. The monoisotopic (exact) mass is 344 g/mol. The van der Waals surface area contributed by atoms with Gasteiger partial charge in [-0.2, -0.15) is 5.10 Å². The van der Waals surface area contributed by atoms with E-state index >= 15 is 0 Å². The number of aromatic nitrogens is 2. The number of carbonyl (C=O) groups is 2. The lowest BCUT2D eigenvalue weighted by Crippen LogP contribution is -2.50. The van der Waals surface area contributed by atoms with E-state index in [9.17, 15) is 14.4 Å². The van der Waals surface area contributed by atoms with E-state index in [0.717, 1.165) is 0 Å². The van der Waals surface area contributed by atoms with Crippen molar-refractivity contribution in [3.63, 3.8) is 0 Å². The predicted molar refractivity (Wildman–Crippen MR) is 91.1 cm³/mol. The first-order chi connectivity index (χ1) is 12.1. The van der Waals surface area contributed by atoms with Crippen molar-refractivity contribution < 1.29 is 14.3 Å². The molecule has 2 aromatic rings. The van der Waals surface area contributed by atoms with Crippen LogP contribution in [0.4, 0.5) is 0 Å². The Kier molecular flexibility index (Phi) is 5.08. The zero-order valence-electron chi connectivity index (χ0n) is 13.9. The first-order valence-electron chi connectivity index (χ1n) is 8.18. The third kappa shape index (κ3) is 3.85. The van der Waals surface area contributed by atoms with E-state index in [2.05, 4.69) is 15.5 Å². The Hall–Kier alpha value is -2.74. The molecule has 132 valence electrons. The van der Waals surface area contributed by atoms with Gasteiger partial charge < -0.3 is 15.0 Å². The van der Waals surface area contributed by atoms with Crippen LogP contribution in [0.5, 0.6) is 0 Å². The first kappa shape index (κ1) is 17.1. The molecule has 1 aliphatic rings. The third-order valence-electron chi connectivity index (χ3n) is 4.17. The number of morpholine rings is 1. The second kappa shape index (κ2) is 7.43. The largest absolute Gasteiger partial charge is 0.378 e. The summed E-state index contributed by atoms with van der Waals surface area (Å²) in [7, 11) is 0. The van der Waals surface area contributed by atoms with Crippen molar-refractivity contribution in [1.29, 1.82) is 0 Å². The molecule has 0 aliphatic carbocycles. The molecule has 1 aliphatic heterocycles. The molecule has 25 heavy (non-hydrogen) atoms. The lowest BCUT2D eigenvalue weighted by Gasteiger charge is -2.29. The number of carbonyl (C=O) groups excluding carboxylic acids is 2. The molecule has 2 heterocycles. The van der Waals surface area contributed by atoms with E-state index in [1.54, 1.807) is 36.1 Å². The standard InChI is InChI=1S/C17H20N4O4/c1-11(17(24)21-6-8-25-9-7-21)18-15(22)10-14-12-4-2-3-5-13(12)16(23)20-19-14/h2-5,11H,6-10H2,1H3,(H,18,22)(H,20,23)/t11-/m0/s1. The average Bonchev–Trinajstić information content (AvgIpc) is 2.64. The Balaban J connectivity index is 1.67. The van der Waals surface area contributed by atoms with Gasteiger partial charge in [0.05, 0.1) is 30.7 Å². The molecule has 0 unspecified atom stereocenters. The molecule has 2 N–H and O–H groups in total. The number of ether oxygens (including phenoxy) is 1. The molecule has 2 amide bonds. The molecule has 0 bridgehead atoms. The summed E-state index contributed by atoms with van der Waals surface area (Å²) in [6.45, 7) is 3.75. The van der Waals surface area contributed by atoms with Crippen molar-refractivity contribution in [2.75, 3.05) is 26.3 Å². The maximum atomic E-state index is 12.3. The number of nitrogens with zero attached hydrogens (tertiary/aromatic N) is 2. The van der Waals surface area contributed by atoms with Crippen molar-refractivity contribution in [1.82, 2.24) is 20.4 Å². The normalized spacial score (nSPS) is 15.8. The fraction of sp³-hybridized carbons (Fsp3) is 0.412. The van der Waals surface area contributed by atoms with Gasteiger partial charge in [0.15, 0.2) is 0 Å². The van der Waals surface area contributed by atoms with Gasteiger partial charge >= 0.3 is 0 Å². The molecule has 0 radical (unpaired) electrons. The van der Waals surface area contributed by atoms with E-state index in [4.69, 9.17) is 4.74 Å². The van der Waals surface area contributed by atoms with Crippen LogP contribution in [-0.2, 0) is 20.7 Å². The minimum atomic E-state index is -0.625. The van der Waals surface area contributed by atoms with Crippen molar-refractivity contribution >= 4 is 22.6 Å². The fourth-order valence-corrected chi connectivity index (χ4v) is 2.87. The number of amides is 2. The Bertz CT molecular complexity index is 842. The second-order valence-electron chi connectivity index (χ2n) is 5.95. The molecule has 0 spiro atoms. The summed E-state index contributed by atoms with van der Waals surface area (Å²) >= 11 is 0. The fourth-order valence-electron chi connectivity index (χ4n) is 2.87. The quantitative estimate of drug-likeness (QED) is 0.801. The van der Waals surface area contributed by atoms with Crippen LogP contribution in [0.15, 0.2) is 29.1 Å². The van der Waals surface area contributed by atoms with Gasteiger partial charge in [-0.15, -0.1) is 0 Å². The van der Waals surface area contributed by atoms with Gasteiger partial charge in [-0.3, -0.25) is 14.4 Å². The van der Waals surface area contributed by atoms with E-state index in [0.29, 0.717) is 42.8 Å². The number of aromatic amines is 1. The van der Waals surface area contributed by atoms with E-state index in [1.807, 2.05) is 0 Å². The van der Waals surface area contributed by atoms with Gasteiger partial charge in [-0.25, -0.2) is 5.10 Å². The summed E-state index contributed by atoms with van der Waals surface area (Å²) < 4.78 is 5.22. The topological polar surface area (TPSA) is 104 Å². The molecule has 1 aromatic heterocycles. The van der Waals surface area contributed by atoms with Crippen LogP contribution in [0.25, 0.3) is 10.8 Å². The van der Waals surface area contributed by atoms with E-state index < -0.39 is 6.04 Å². The molecule has 1 fully saturated rings. The van der Waals surface area contributed by atoms with Crippen molar-refractivity contribution in [2.45, 2.75) is 19.4 Å². The lowest BCUT2D eigenvalue weighted by atomic mass is 10.1. The maximum Gasteiger partial charge on any atom is 0.272 e. The minimum Gasteiger partial charge on any atom is -0.378 e. The Morgan fingerprint density at radius 2 is 1.96 bits per heavy atom. The molecule has 1 saturated heterocycles. The highest BCUT2D eigenvalue weighted by Gasteiger charge is 2.24. The molecule has 1 atom stereocenters. The SMILES string of the molecule is C[C@H](NC(=O)Cc1n[nH]c(=O)c2ccccc12)C(=O)N1CCOCC1. The summed E-state index contributed by atoms with van der Waals surface area (Å²) in [5.41, 5.74) is 0.175. The first-order valence-corrected chi connectivity index (χ1v) is 8.18. The van der Waals surface area contributed by atoms with Crippen molar-refractivity contribution in [3.05, 3.63) is 40.3 Å². The zero-order valence-corrected chi connectivity index (χ0v) is 13.9. The summed E-state index contributed by atoms with van der Waals surface area (Å²) in [5, 5.41) is 10.2. The molecular weight excluding hydrogens is 324 g/mol. The smallest absolute Gasteiger partial charge is 0.272 e. The number of rotatable bonds is 4. The van der Waals surface area contributed by atoms with Gasteiger partial charge in [0, 0.05) is 18.5 Å². The van der Waals surface area contributed by atoms with Crippen LogP contribution < -0.4 is 10.9 Å². The molecule has 3 rings (SSSR count). The molecule has 0 saturated carbocycles. The second-order valence-corrected chi connectivity index (χ2v) is 5.95. The summed E-state index contributed by atoms with van der Waals surface area (Å²) in [5.74, 6) is -0.449. The number of benzene rings is 1.